The van der Waals surface area contributed by atoms with Crippen molar-refractivity contribution in [3.8, 4) is 11.3 Å². The van der Waals surface area contributed by atoms with Crippen molar-refractivity contribution in [2.24, 2.45) is 0 Å². The molecule has 0 aliphatic carbocycles. The molecule has 0 fully saturated rings. The van der Waals surface area contributed by atoms with Gasteiger partial charge in [-0.15, -0.1) is 0 Å². The minimum atomic E-state index is -0.218. The predicted octanol–water partition coefficient (Wildman–Crippen LogP) is 4.07. The Balaban J connectivity index is 2.04. The Hall–Kier alpha value is -2.63. The van der Waals surface area contributed by atoms with Gasteiger partial charge in [-0.05, 0) is 36.2 Å². The lowest BCUT2D eigenvalue weighted by molar-refractivity contribution is 0.0957. The quantitative estimate of drug-likeness (QED) is 0.698. The molecule has 2 aromatic carbocycles. The summed E-state index contributed by atoms with van der Waals surface area (Å²) in [5.41, 5.74) is 5.36. The van der Waals surface area contributed by atoms with Crippen LogP contribution in [0.4, 0.5) is 0 Å². The molecule has 0 atom stereocenters. The maximum absolute atomic E-state index is 12.1. The number of aromatic nitrogens is 2. The molecule has 0 saturated heterocycles. The Morgan fingerprint density at radius 1 is 1.19 bits per heavy atom. The zero-order chi connectivity index (χ0) is 19.4. The standard InChI is InChI=1S/C21H22ClN3O2/c1-14-4-6-15(7-5-14)12-25-20(11-19(24-25)21(26)23-2)16-8-9-18(22)17(10-16)13-27-3/h4-11H,12-13H2,1-3H3,(H,23,26). The third-order valence-electron chi connectivity index (χ3n) is 4.33. The Labute approximate surface area is 163 Å². The zero-order valence-corrected chi connectivity index (χ0v) is 16.4. The van der Waals surface area contributed by atoms with Gasteiger partial charge < -0.3 is 10.1 Å². The number of benzene rings is 2. The van der Waals surface area contributed by atoms with E-state index >= 15 is 0 Å². The van der Waals surface area contributed by atoms with Crippen LogP contribution < -0.4 is 5.32 Å². The topological polar surface area (TPSA) is 56.1 Å². The molecule has 27 heavy (non-hydrogen) atoms. The summed E-state index contributed by atoms with van der Waals surface area (Å²) < 4.78 is 7.07. The molecule has 0 aliphatic rings. The summed E-state index contributed by atoms with van der Waals surface area (Å²) in [6.07, 6.45) is 0. The summed E-state index contributed by atoms with van der Waals surface area (Å²) in [5.74, 6) is -0.218. The molecule has 0 aliphatic heterocycles. The van der Waals surface area contributed by atoms with Gasteiger partial charge in [0.15, 0.2) is 5.69 Å². The van der Waals surface area contributed by atoms with E-state index < -0.39 is 0 Å². The first-order valence-electron chi connectivity index (χ1n) is 8.65. The highest BCUT2D eigenvalue weighted by molar-refractivity contribution is 6.31. The number of halogens is 1. The molecule has 0 unspecified atom stereocenters. The van der Waals surface area contributed by atoms with Gasteiger partial charge >= 0.3 is 0 Å². The summed E-state index contributed by atoms with van der Waals surface area (Å²) in [6.45, 7) is 3.04. The highest BCUT2D eigenvalue weighted by Gasteiger charge is 2.16. The van der Waals surface area contributed by atoms with Gasteiger partial charge in [-0.3, -0.25) is 9.48 Å². The number of carbonyl (C=O) groups excluding carboxylic acids is 1. The maximum Gasteiger partial charge on any atom is 0.271 e. The lowest BCUT2D eigenvalue weighted by Crippen LogP contribution is -2.18. The fourth-order valence-electron chi connectivity index (χ4n) is 2.88. The number of hydrogen-bond acceptors (Lipinski definition) is 3. The predicted molar refractivity (Wildman–Crippen MR) is 107 cm³/mol. The molecule has 3 aromatic rings. The number of aryl methyl sites for hydroxylation is 1. The van der Waals surface area contributed by atoms with Gasteiger partial charge in [0.2, 0.25) is 0 Å². The van der Waals surface area contributed by atoms with Gasteiger partial charge in [0.25, 0.3) is 5.91 Å². The highest BCUT2D eigenvalue weighted by atomic mass is 35.5. The van der Waals surface area contributed by atoms with E-state index in [0.29, 0.717) is 23.9 Å². The van der Waals surface area contributed by atoms with Crippen LogP contribution in [-0.4, -0.2) is 29.8 Å². The smallest absolute Gasteiger partial charge is 0.271 e. The Morgan fingerprint density at radius 3 is 2.59 bits per heavy atom. The number of rotatable bonds is 6. The molecule has 1 aromatic heterocycles. The second-order valence-corrected chi connectivity index (χ2v) is 6.78. The summed E-state index contributed by atoms with van der Waals surface area (Å²) in [5, 5.41) is 7.79. The lowest BCUT2D eigenvalue weighted by Gasteiger charge is -2.10. The van der Waals surface area contributed by atoms with Gasteiger partial charge in [-0.1, -0.05) is 47.5 Å². The summed E-state index contributed by atoms with van der Waals surface area (Å²) in [6, 6.07) is 15.8. The van der Waals surface area contributed by atoms with Crippen molar-refractivity contribution in [3.63, 3.8) is 0 Å². The molecular formula is C21H22ClN3O2. The van der Waals surface area contributed by atoms with Crippen LogP contribution in [-0.2, 0) is 17.9 Å². The molecular weight excluding hydrogens is 362 g/mol. The molecule has 1 N–H and O–H groups in total. The van der Waals surface area contributed by atoms with E-state index in [0.717, 1.165) is 22.4 Å². The fourth-order valence-corrected chi connectivity index (χ4v) is 3.05. The minimum Gasteiger partial charge on any atom is -0.380 e. The van der Waals surface area contributed by atoms with Gasteiger partial charge in [0.1, 0.15) is 0 Å². The molecule has 1 heterocycles. The number of nitrogens with zero attached hydrogens (tertiary/aromatic N) is 2. The van der Waals surface area contributed by atoms with Crippen LogP contribution in [0.2, 0.25) is 5.02 Å². The van der Waals surface area contributed by atoms with Crippen LogP contribution >= 0.6 is 11.6 Å². The maximum atomic E-state index is 12.1. The summed E-state index contributed by atoms with van der Waals surface area (Å²) >= 11 is 6.26. The molecule has 5 nitrogen and oxygen atoms in total. The van der Waals surface area contributed by atoms with Crippen LogP contribution in [0.1, 0.15) is 27.2 Å². The Bertz CT molecular complexity index is 949. The first-order valence-corrected chi connectivity index (χ1v) is 9.03. The number of methoxy groups -OCH3 is 1. The van der Waals surface area contributed by atoms with Crippen LogP contribution in [0.25, 0.3) is 11.3 Å². The van der Waals surface area contributed by atoms with E-state index in [2.05, 4.69) is 41.6 Å². The van der Waals surface area contributed by atoms with E-state index in [-0.39, 0.29) is 5.91 Å². The number of hydrogen-bond donors (Lipinski definition) is 1. The average molecular weight is 384 g/mol. The molecule has 3 rings (SSSR count). The van der Waals surface area contributed by atoms with Gasteiger partial charge in [0.05, 0.1) is 18.8 Å². The van der Waals surface area contributed by atoms with E-state index in [9.17, 15) is 4.79 Å². The van der Waals surface area contributed by atoms with Crippen molar-refractivity contribution in [1.82, 2.24) is 15.1 Å². The highest BCUT2D eigenvalue weighted by Crippen LogP contribution is 2.27. The van der Waals surface area contributed by atoms with Gasteiger partial charge in [-0.2, -0.15) is 5.10 Å². The molecule has 0 spiro atoms. The van der Waals surface area contributed by atoms with Crippen molar-refractivity contribution in [2.45, 2.75) is 20.1 Å². The average Bonchev–Trinajstić information content (AvgIpc) is 3.09. The van der Waals surface area contributed by atoms with E-state index in [1.807, 2.05) is 22.9 Å². The fraction of sp³-hybridized carbons (Fsp3) is 0.238. The summed E-state index contributed by atoms with van der Waals surface area (Å²) in [4.78, 5) is 12.1. The molecule has 1 amide bonds. The molecule has 0 radical (unpaired) electrons. The second-order valence-electron chi connectivity index (χ2n) is 6.38. The molecule has 140 valence electrons. The molecule has 0 bridgehead atoms. The minimum absolute atomic E-state index is 0.218. The lowest BCUT2D eigenvalue weighted by atomic mass is 10.1. The first kappa shape index (κ1) is 19.1. The first-order chi connectivity index (χ1) is 13.0. The van der Waals surface area contributed by atoms with Crippen molar-refractivity contribution in [2.75, 3.05) is 14.2 Å². The van der Waals surface area contributed by atoms with E-state index in [1.54, 1.807) is 20.2 Å². The Kier molecular flexibility index (Phi) is 5.94. The van der Waals surface area contributed by atoms with Crippen LogP contribution in [0.5, 0.6) is 0 Å². The summed E-state index contributed by atoms with van der Waals surface area (Å²) in [7, 11) is 3.23. The van der Waals surface area contributed by atoms with Crippen molar-refractivity contribution in [3.05, 3.63) is 75.9 Å². The molecule has 0 saturated carbocycles. The van der Waals surface area contributed by atoms with Crippen molar-refractivity contribution < 1.29 is 9.53 Å². The van der Waals surface area contributed by atoms with Crippen molar-refractivity contribution in [1.29, 1.82) is 0 Å². The molecule has 6 heteroatoms. The number of carbonyl (C=O) groups is 1. The van der Waals surface area contributed by atoms with E-state index in [4.69, 9.17) is 16.3 Å². The number of amides is 1. The van der Waals surface area contributed by atoms with Gasteiger partial charge in [-0.25, -0.2) is 0 Å². The van der Waals surface area contributed by atoms with Gasteiger partial charge in [0, 0.05) is 24.7 Å². The van der Waals surface area contributed by atoms with Crippen LogP contribution in [0.15, 0.2) is 48.5 Å². The largest absolute Gasteiger partial charge is 0.380 e. The van der Waals surface area contributed by atoms with Crippen molar-refractivity contribution >= 4 is 17.5 Å². The second kappa shape index (κ2) is 8.37. The van der Waals surface area contributed by atoms with Crippen LogP contribution in [0, 0.1) is 6.92 Å². The Morgan fingerprint density at radius 2 is 1.93 bits per heavy atom. The third kappa shape index (κ3) is 4.38. The zero-order valence-electron chi connectivity index (χ0n) is 15.6. The number of ether oxygens (including phenoxy) is 1. The van der Waals surface area contributed by atoms with Crippen LogP contribution in [0.3, 0.4) is 0 Å². The van der Waals surface area contributed by atoms with E-state index in [1.165, 1.54) is 5.56 Å². The normalized spacial score (nSPS) is 10.8. The number of nitrogens with one attached hydrogen (secondary N) is 1. The monoisotopic (exact) mass is 383 g/mol. The SMILES string of the molecule is CNC(=O)c1cc(-c2ccc(Cl)c(COC)c2)n(Cc2ccc(C)cc2)n1. The third-order valence-corrected chi connectivity index (χ3v) is 4.70.